The van der Waals surface area contributed by atoms with Gasteiger partial charge in [-0.05, 0) is 69.3 Å². The van der Waals surface area contributed by atoms with Crippen LogP contribution >= 0.6 is 0 Å². The Balaban J connectivity index is 1.37. The number of hydrogen-bond acceptors (Lipinski definition) is 3. The summed E-state index contributed by atoms with van der Waals surface area (Å²) in [5.74, 6) is 1.98. The summed E-state index contributed by atoms with van der Waals surface area (Å²) in [4.78, 5) is 12.7. The van der Waals surface area contributed by atoms with E-state index in [0.717, 1.165) is 37.8 Å². The maximum atomic E-state index is 12.7. The highest BCUT2D eigenvalue weighted by molar-refractivity contribution is 5.93. The van der Waals surface area contributed by atoms with Gasteiger partial charge in [0.15, 0.2) is 0 Å². The first kappa shape index (κ1) is 13.1. The second kappa shape index (κ2) is 4.13. The number of H-pyrrole nitrogens is 1. The lowest BCUT2D eigenvalue weighted by atomic mass is 9.50. The molecule has 118 valence electrons. The molecule has 0 spiro atoms. The fourth-order valence-electron chi connectivity index (χ4n) is 5.84. The third-order valence-electron chi connectivity index (χ3n) is 6.33. The molecular formula is C17H24N4O. The molecule has 0 radical (unpaired) electrons. The fourth-order valence-corrected chi connectivity index (χ4v) is 5.84. The van der Waals surface area contributed by atoms with Gasteiger partial charge in [0.05, 0.1) is 0 Å². The van der Waals surface area contributed by atoms with E-state index >= 15 is 0 Å². The quantitative estimate of drug-likeness (QED) is 0.799. The molecule has 4 bridgehead atoms. The molecule has 2 atom stereocenters. The highest BCUT2D eigenvalue weighted by Gasteiger charge is 2.56. The summed E-state index contributed by atoms with van der Waals surface area (Å²) in [6, 6.07) is 1.94. The van der Waals surface area contributed by atoms with Crippen LogP contribution in [0.2, 0.25) is 0 Å². The highest BCUT2D eigenvalue weighted by Crippen LogP contribution is 2.56. The van der Waals surface area contributed by atoms with Gasteiger partial charge in [0.2, 0.25) is 0 Å². The normalized spacial score (nSPS) is 42.6. The van der Waals surface area contributed by atoms with Gasteiger partial charge in [-0.3, -0.25) is 9.89 Å². The number of nitrogens with two attached hydrogens (primary N) is 1. The number of carbonyl (C=O) groups is 1. The van der Waals surface area contributed by atoms with Gasteiger partial charge < -0.3 is 11.1 Å². The zero-order valence-corrected chi connectivity index (χ0v) is 12.9. The second-order valence-electron chi connectivity index (χ2n) is 8.54. The number of nitrogens with one attached hydrogen (secondary N) is 2. The lowest BCUT2D eigenvalue weighted by molar-refractivity contribution is -0.0321. The maximum Gasteiger partial charge on any atom is 0.272 e. The summed E-state index contributed by atoms with van der Waals surface area (Å²) in [7, 11) is 0. The van der Waals surface area contributed by atoms with Crippen molar-refractivity contribution < 1.29 is 4.79 Å². The molecule has 1 heterocycles. The fraction of sp³-hybridized carbons (Fsp3) is 0.765. The van der Waals surface area contributed by atoms with Crippen molar-refractivity contribution in [2.75, 3.05) is 0 Å². The van der Waals surface area contributed by atoms with Crippen molar-refractivity contribution in [1.82, 2.24) is 15.5 Å². The van der Waals surface area contributed by atoms with Gasteiger partial charge in [-0.25, -0.2) is 0 Å². The summed E-state index contributed by atoms with van der Waals surface area (Å²) >= 11 is 0. The summed E-state index contributed by atoms with van der Waals surface area (Å²) in [6.07, 6.45) is 9.19. The minimum atomic E-state index is -0.0748. The average Bonchev–Trinajstić information content (AvgIpc) is 3.12. The topological polar surface area (TPSA) is 83.8 Å². The van der Waals surface area contributed by atoms with Gasteiger partial charge in [-0.15, -0.1) is 0 Å². The molecule has 1 aromatic rings. The number of rotatable bonds is 3. The Hall–Kier alpha value is -1.36. The third-order valence-corrected chi connectivity index (χ3v) is 6.33. The predicted octanol–water partition coefficient (Wildman–Crippen LogP) is 2.07. The molecule has 1 aromatic heterocycles. The van der Waals surface area contributed by atoms with Crippen LogP contribution in [-0.4, -0.2) is 27.2 Å². The average molecular weight is 300 g/mol. The van der Waals surface area contributed by atoms with E-state index in [1.165, 1.54) is 19.3 Å². The highest BCUT2D eigenvalue weighted by atomic mass is 16.2. The first-order chi connectivity index (χ1) is 10.5. The van der Waals surface area contributed by atoms with Crippen LogP contribution in [0.5, 0.6) is 0 Å². The van der Waals surface area contributed by atoms with E-state index in [-0.39, 0.29) is 17.0 Å². The lowest BCUT2D eigenvalue weighted by Gasteiger charge is -2.61. The monoisotopic (exact) mass is 300 g/mol. The molecule has 5 saturated carbocycles. The van der Waals surface area contributed by atoms with E-state index in [0.29, 0.717) is 23.4 Å². The van der Waals surface area contributed by atoms with Crippen molar-refractivity contribution >= 4 is 5.91 Å². The first-order valence-electron chi connectivity index (χ1n) is 8.69. The zero-order valence-electron chi connectivity index (χ0n) is 12.9. The number of amides is 1. The van der Waals surface area contributed by atoms with Crippen LogP contribution in [0.25, 0.3) is 0 Å². The summed E-state index contributed by atoms with van der Waals surface area (Å²) in [6.45, 7) is 0. The Morgan fingerprint density at radius 3 is 2.64 bits per heavy atom. The Labute approximate surface area is 130 Å². The Morgan fingerprint density at radius 2 is 2.00 bits per heavy atom. The molecule has 5 aliphatic carbocycles. The van der Waals surface area contributed by atoms with Crippen LogP contribution < -0.4 is 11.1 Å². The second-order valence-corrected chi connectivity index (χ2v) is 8.54. The molecule has 0 saturated heterocycles. The van der Waals surface area contributed by atoms with E-state index in [1.54, 1.807) is 0 Å². The lowest BCUT2D eigenvalue weighted by Crippen LogP contribution is -2.68. The summed E-state index contributed by atoms with van der Waals surface area (Å²) in [5.41, 5.74) is 8.15. The molecule has 0 aliphatic heterocycles. The molecular weight excluding hydrogens is 276 g/mol. The van der Waals surface area contributed by atoms with Gasteiger partial charge in [-0.1, -0.05) is 0 Å². The molecule has 5 fully saturated rings. The minimum absolute atomic E-state index is 0.0197. The van der Waals surface area contributed by atoms with E-state index < -0.39 is 0 Å². The summed E-state index contributed by atoms with van der Waals surface area (Å²) in [5, 5.41) is 10.6. The van der Waals surface area contributed by atoms with Crippen LogP contribution in [0.3, 0.4) is 0 Å². The minimum Gasteiger partial charge on any atom is -0.345 e. The molecule has 4 N–H and O–H groups in total. The van der Waals surface area contributed by atoms with Crippen molar-refractivity contribution in [3.8, 4) is 0 Å². The smallest absolute Gasteiger partial charge is 0.272 e. The number of nitrogens with zero attached hydrogens (tertiary/aromatic N) is 1. The van der Waals surface area contributed by atoms with Gasteiger partial charge >= 0.3 is 0 Å². The van der Waals surface area contributed by atoms with E-state index in [4.69, 9.17) is 5.73 Å². The van der Waals surface area contributed by atoms with Crippen LogP contribution in [0.1, 0.15) is 73.5 Å². The molecule has 5 aliphatic rings. The SMILES string of the molecule is NC12CC3CC(C1)CC(NC(=O)c1cc(C4CC4)[nH]n1)(C3)C2. The number of aromatic nitrogens is 2. The van der Waals surface area contributed by atoms with E-state index in [9.17, 15) is 4.79 Å². The van der Waals surface area contributed by atoms with Crippen molar-refractivity contribution in [2.24, 2.45) is 17.6 Å². The largest absolute Gasteiger partial charge is 0.345 e. The summed E-state index contributed by atoms with van der Waals surface area (Å²) < 4.78 is 0. The maximum absolute atomic E-state index is 12.7. The van der Waals surface area contributed by atoms with Gasteiger partial charge in [0.25, 0.3) is 5.91 Å². The number of carbonyl (C=O) groups excluding carboxylic acids is 1. The Morgan fingerprint density at radius 1 is 1.27 bits per heavy atom. The molecule has 1 amide bonds. The molecule has 5 heteroatoms. The van der Waals surface area contributed by atoms with Crippen molar-refractivity contribution in [1.29, 1.82) is 0 Å². The van der Waals surface area contributed by atoms with E-state index in [2.05, 4.69) is 15.5 Å². The molecule has 6 rings (SSSR count). The standard InChI is InChI=1S/C17H24N4O/c18-16-5-10-3-11(6-16)8-17(7-10,9-16)19-15(22)14-4-13(20-21-14)12-1-2-12/h4,10-12H,1-3,5-9,18H2,(H,19,22)(H,20,21). The van der Waals surface area contributed by atoms with Crippen molar-refractivity contribution in [3.63, 3.8) is 0 Å². The predicted molar refractivity (Wildman–Crippen MR) is 82.4 cm³/mol. The van der Waals surface area contributed by atoms with Crippen molar-refractivity contribution in [3.05, 3.63) is 17.5 Å². The Kier molecular flexibility index (Phi) is 2.46. The third kappa shape index (κ3) is 2.02. The van der Waals surface area contributed by atoms with Crippen LogP contribution in [0, 0.1) is 11.8 Å². The van der Waals surface area contributed by atoms with Gasteiger partial charge in [0.1, 0.15) is 5.69 Å². The van der Waals surface area contributed by atoms with Gasteiger partial charge in [0, 0.05) is 22.7 Å². The number of aromatic amines is 1. The van der Waals surface area contributed by atoms with Crippen molar-refractivity contribution in [2.45, 2.75) is 68.4 Å². The van der Waals surface area contributed by atoms with E-state index in [1.807, 2.05) is 6.07 Å². The Bertz CT molecular complexity index is 618. The van der Waals surface area contributed by atoms with Crippen LogP contribution in [0.15, 0.2) is 6.07 Å². The number of hydrogen-bond donors (Lipinski definition) is 3. The molecule has 2 unspecified atom stereocenters. The molecule has 5 nitrogen and oxygen atoms in total. The zero-order chi connectivity index (χ0) is 14.9. The molecule has 0 aromatic carbocycles. The van der Waals surface area contributed by atoms with Gasteiger partial charge in [-0.2, -0.15) is 5.10 Å². The van der Waals surface area contributed by atoms with Crippen LogP contribution in [0.4, 0.5) is 0 Å². The first-order valence-corrected chi connectivity index (χ1v) is 8.69. The van der Waals surface area contributed by atoms with Crippen LogP contribution in [-0.2, 0) is 0 Å². The molecule has 22 heavy (non-hydrogen) atoms.